The van der Waals surface area contributed by atoms with Gasteiger partial charge in [0.1, 0.15) is 5.01 Å². The minimum atomic E-state index is 0. The van der Waals surface area contributed by atoms with E-state index in [2.05, 4.69) is 74.0 Å². The van der Waals surface area contributed by atoms with Crippen molar-refractivity contribution < 1.29 is 0 Å². The molecule has 5 nitrogen and oxygen atoms in total. The van der Waals surface area contributed by atoms with Crippen molar-refractivity contribution in [2.45, 2.75) is 67.1 Å². The summed E-state index contributed by atoms with van der Waals surface area (Å²) in [7, 11) is 0. The Morgan fingerprint density at radius 1 is 1.17 bits per heavy atom. The monoisotopic (exact) mass is 467 g/mol. The molecule has 0 bridgehead atoms. The van der Waals surface area contributed by atoms with Crippen molar-refractivity contribution in [1.29, 1.82) is 0 Å². The summed E-state index contributed by atoms with van der Waals surface area (Å²) in [5.41, 5.74) is 1.11. The number of aryl methyl sites for hydroxylation is 2. The van der Waals surface area contributed by atoms with Crippen LogP contribution in [-0.4, -0.2) is 47.6 Å². The number of nitrogens with one attached hydrogen (secondary N) is 2. The number of aliphatic imine (C=N–C) groups is 1. The first kappa shape index (κ1) is 23.6. The first-order valence-electron chi connectivity index (χ1n) is 8.56. The zero-order chi connectivity index (χ0) is 17.4. The van der Waals surface area contributed by atoms with Crippen LogP contribution >= 0.6 is 35.3 Å². The van der Waals surface area contributed by atoms with Gasteiger partial charge in [-0.25, -0.2) is 9.98 Å². The van der Waals surface area contributed by atoms with Crippen molar-refractivity contribution >= 4 is 41.3 Å². The molecule has 1 aromatic heterocycles. The Kier molecular flexibility index (Phi) is 11.8. The number of thiazole rings is 1. The normalized spacial score (nSPS) is 12.0. The van der Waals surface area contributed by atoms with E-state index in [-0.39, 0.29) is 24.0 Å². The van der Waals surface area contributed by atoms with Crippen LogP contribution in [0.1, 0.15) is 50.2 Å². The van der Waals surface area contributed by atoms with Gasteiger partial charge in [-0.2, -0.15) is 0 Å². The van der Waals surface area contributed by atoms with Gasteiger partial charge in [-0.1, -0.05) is 0 Å². The van der Waals surface area contributed by atoms with Crippen molar-refractivity contribution in [3.63, 3.8) is 0 Å². The van der Waals surface area contributed by atoms with Crippen molar-refractivity contribution in [3.05, 3.63) is 15.6 Å². The molecule has 24 heavy (non-hydrogen) atoms. The smallest absolute Gasteiger partial charge is 0.191 e. The summed E-state index contributed by atoms with van der Waals surface area (Å²) < 4.78 is 0. The first-order chi connectivity index (χ1) is 10.8. The highest BCUT2D eigenvalue weighted by Gasteiger charge is 2.12. The molecule has 0 amide bonds. The van der Waals surface area contributed by atoms with Gasteiger partial charge in [0, 0.05) is 36.6 Å². The number of rotatable bonds is 8. The molecule has 1 rings (SSSR count). The van der Waals surface area contributed by atoms with Gasteiger partial charge in [-0.05, 0) is 48.5 Å². The molecular weight excluding hydrogens is 433 g/mol. The quantitative estimate of drug-likeness (QED) is 0.349. The zero-order valence-corrected chi connectivity index (χ0v) is 19.3. The third-order valence-corrected chi connectivity index (χ3v) is 4.84. The standard InChI is InChI=1S/C17H33N5S.HI/c1-8-18-17(19-9-10-22(12(2)3)13(4)5)20-11-16-21-14(6)15(7)23-16;/h12-13H,8-11H2,1-7H3,(H2,18,19,20);1H. The lowest BCUT2D eigenvalue weighted by molar-refractivity contribution is 0.178. The predicted octanol–water partition coefficient (Wildman–Crippen LogP) is 3.55. The van der Waals surface area contributed by atoms with E-state index in [9.17, 15) is 0 Å². The second kappa shape index (κ2) is 12.0. The molecule has 0 radical (unpaired) electrons. The summed E-state index contributed by atoms with van der Waals surface area (Å²) in [6.45, 7) is 18.6. The van der Waals surface area contributed by atoms with Crippen molar-refractivity contribution in [1.82, 2.24) is 20.5 Å². The molecule has 2 N–H and O–H groups in total. The average molecular weight is 467 g/mol. The maximum atomic E-state index is 4.65. The number of guanidine groups is 1. The maximum absolute atomic E-state index is 4.65. The lowest BCUT2D eigenvalue weighted by Gasteiger charge is -2.30. The molecule has 0 saturated heterocycles. The third-order valence-electron chi connectivity index (χ3n) is 3.78. The van der Waals surface area contributed by atoms with Crippen LogP contribution in [0.4, 0.5) is 0 Å². The summed E-state index contributed by atoms with van der Waals surface area (Å²) in [6, 6.07) is 1.11. The van der Waals surface area contributed by atoms with Crippen LogP contribution < -0.4 is 10.6 Å². The van der Waals surface area contributed by atoms with Crippen molar-refractivity contribution in [2.75, 3.05) is 19.6 Å². The van der Waals surface area contributed by atoms with Crippen LogP contribution in [0.3, 0.4) is 0 Å². The molecule has 0 spiro atoms. The van der Waals surface area contributed by atoms with Crippen LogP contribution in [0, 0.1) is 13.8 Å². The Labute approximate surface area is 168 Å². The van der Waals surface area contributed by atoms with Crippen LogP contribution in [-0.2, 0) is 6.54 Å². The largest absolute Gasteiger partial charge is 0.357 e. The molecule has 1 aromatic rings. The van der Waals surface area contributed by atoms with Gasteiger partial charge in [0.25, 0.3) is 0 Å². The van der Waals surface area contributed by atoms with Gasteiger partial charge in [-0.15, -0.1) is 35.3 Å². The number of hydrogen-bond acceptors (Lipinski definition) is 4. The van der Waals surface area contributed by atoms with Crippen LogP contribution in [0.2, 0.25) is 0 Å². The topological polar surface area (TPSA) is 52.6 Å². The summed E-state index contributed by atoms with van der Waals surface area (Å²) in [4.78, 5) is 12.9. The second-order valence-corrected chi connectivity index (χ2v) is 7.58. The minimum absolute atomic E-state index is 0. The Morgan fingerprint density at radius 2 is 1.79 bits per heavy atom. The lowest BCUT2D eigenvalue weighted by Crippen LogP contribution is -2.45. The van der Waals surface area contributed by atoms with Crippen LogP contribution in [0.25, 0.3) is 0 Å². The molecule has 0 fully saturated rings. The van der Waals surface area contributed by atoms with Crippen LogP contribution in [0.15, 0.2) is 4.99 Å². The molecule has 0 atom stereocenters. The van der Waals surface area contributed by atoms with Gasteiger partial charge in [-0.3, -0.25) is 4.90 Å². The highest BCUT2D eigenvalue weighted by atomic mass is 127. The lowest BCUT2D eigenvalue weighted by atomic mass is 10.2. The minimum Gasteiger partial charge on any atom is -0.357 e. The summed E-state index contributed by atoms with van der Waals surface area (Å²) in [5.74, 6) is 0.866. The van der Waals surface area contributed by atoms with Crippen LogP contribution in [0.5, 0.6) is 0 Å². The molecule has 7 heteroatoms. The first-order valence-corrected chi connectivity index (χ1v) is 9.37. The Hall–Kier alpha value is -0.410. The molecule has 0 aliphatic carbocycles. The van der Waals surface area contributed by atoms with E-state index in [0.717, 1.165) is 36.3 Å². The second-order valence-electron chi connectivity index (χ2n) is 6.30. The SMILES string of the molecule is CCNC(=NCc1nc(C)c(C)s1)NCCN(C(C)C)C(C)C.I. The average Bonchev–Trinajstić information content (AvgIpc) is 2.78. The molecular formula is C17H34IN5S. The van der Waals surface area contributed by atoms with Crippen molar-refractivity contribution in [3.8, 4) is 0 Å². The van der Waals surface area contributed by atoms with Gasteiger partial charge >= 0.3 is 0 Å². The van der Waals surface area contributed by atoms with E-state index < -0.39 is 0 Å². The van der Waals surface area contributed by atoms with E-state index >= 15 is 0 Å². The van der Waals surface area contributed by atoms with Gasteiger partial charge in [0.15, 0.2) is 5.96 Å². The summed E-state index contributed by atoms with van der Waals surface area (Å²) in [5, 5.41) is 7.80. The van der Waals surface area contributed by atoms with E-state index in [1.165, 1.54) is 4.88 Å². The Balaban J connectivity index is 0.00000529. The molecule has 0 aliphatic rings. The fourth-order valence-electron chi connectivity index (χ4n) is 2.51. The Bertz CT molecular complexity index is 472. The van der Waals surface area contributed by atoms with E-state index in [0.29, 0.717) is 18.6 Å². The van der Waals surface area contributed by atoms with Crippen molar-refractivity contribution in [2.24, 2.45) is 4.99 Å². The Morgan fingerprint density at radius 3 is 2.25 bits per heavy atom. The number of hydrogen-bond donors (Lipinski definition) is 2. The number of nitrogens with zero attached hydrogens (tertiary/aromatic N) is 3. The molecule has 0 saturated carbocycles. The van der Waals surface area contributed by atoms with E-state index in [4.69, 9.17) is 0 Å². The number of aromatic nitrogens is 1. The third kappa shape index (κ3) is 8.11. The highest BCUT2D eigenvalue weighted by molar-refractivity contribution is 14.0. The molecule has 0 aromatic carbocycles. The molecule has 140 valence electrons. The summed E-state index contributed by atoms with van der Waals surface area (Å²) in [6.07, 6.45) is 0. The van der Waals surface area contributed by atoms with Gasteiger partial charge in [0.05, 0.1) is 12.2 Å². The number of halogens is 1. The molecule has 1 heterocycles. The fraction of sp³-hybridized carbons (Fsp3) is 0.765. The summed E-state index contributed by atoms with van der Waals surface area (Å²) >= 11 is 1.73. The van der Waals surface area contributed by atoms with E-state index in [1.54, 1.807) is 11.3 Å². The molecule has 0 unspecified atom stereocenters. The van der Waals surface area contributed by atoms with Gasteiger partial charge < -0.3 is 10.6 Å². The fourth-order valence-corrected chi connectivity index (χ4v) is 3.37. The van der Waals surface area contributed by atoms with Gasteiger partial charge in [0.2, 0.25) is 0 Å². The predicted molar refractivity (Wildman–Crippen MR) is 117 cm³/mol. The maximum Gasteiger partial charge on any atom is 0.191 e. The highest BCUT2D eigenvalue weighted by Crippen LogP contribution is 2.16. The van der Waals surface area contributed by atoms with E-state index in [1.807, 2.05) is 0 Å². The zero-order valence-electron chi connectivity index (χ0n) is 16.1. The molecule has 0 aliphatic heterocycles.